The van der Waals surface area contributed by atoms with E-state index in [1.807, 2.05) is 0 Å². The SMILES string of the molecule is COC(=O)C1CCN(C(=O)OC(C)(C)C)C(c2ccc(C(F)(F)F)cc2)C1. The van der Waals surface area contributed by atoms with Crippen LogP contribution in [0.1, 0.15) is 50.8 Å². The molecule has 2 atom stereocenters. The molecule has 0 aliphatic carbocycles. The number of hydrogen-bond acceptors (Lipinski definition) is 4. The van der Waals surface area contributed by atoms with E-state index in [0.717, 1.165) is 12.1 Å². The molecule has 27 heavy (non-hydrogen) atoms. The fourth-order valence-corrected chi connectivity index (χ4v) is 3.10. The third-order valence-electron chi connectivity index (χ3n) is 4.39. The Labute approximate surface area is 156 Å². The second-order valence-corrected chi connectivity index (χ2v) is 7.55. The lowest BCUT2D eigenvalue weighted by atomic mass is 9.87. The van der Waals surface area contributed by atoms with E-state index in [2.05, 4.69) is 0 Å². The van der Waals surface area contributed by atoms with Gasteiger partial charge >= 0.3 is 18.2 Å². The van der Waals surface area contributed by atoms with Crippen molar-refractivity contribution in [3.8, 4) is 0 Å². The Morgan fingerprint density at radius 3 is 2.19 bits per heavy atom. The summed E-state index contributed by atoms with van der Waals surface area (Å²) in [4.78, 5) is 26.0. The zero-order valence-electron chi connectivity index (χ0n) is 15.8. The number of halogens is 3. The molecule has 1 fully saturated rings. The largest absolute Gasteiger partial charge is 0.469 e. The predicted octanol–water partition coefficient (Wildman–Crippen LogP) is 4.57. The summed E-state index contributed by atoms with van der Waals surface area (Å²) in [6.45, 7) is 5.46. The molecule has 0 bridgehead atoms. The Morgan fingerprint density at radius 1 is 1.11 bits per heavy atom. The maximum absolute atomic E-state index is 12.8. The van der Waals surface area contributed by atoms with Crippen molar-refractivity contribution in [1.29, 1.82) is 0 Å². The maximum atomic E-state index is 12.8. The van der Waals surface area contributed by atoms with Gasteiger partial charge in [0.15, 0.2) is 0 Å². The molecule has 1 aliphatic rings. The van der Waals surface area contributed by atoms with Gasteiger partial charge in [0.1, 0.15) is 5.60 Å². The first-order valence-corrected chi connectivity index (χ1v) is 8.67. The summed E-state index contributed by atoms with van der Waals surface area (Å²) in [6.07, 6.45) is -4.33. The van der Waals surface area contributed by atoms with Gasteiger partial charge < -0.3 is 14.4 Å². The zero-order chi connectivity index (χ0) is 20.4. The van der Waals surface area contributed by atoms with Crippen LogP contribution in [0, 0.1) is 5.92 Å². The Morgan fingerprint density at radius 2 is 1.70 bits per heavy atom. The molecule has 0 spiro atoms. The predicted molar refractivity (Wildman–Crippen MR) is 91.9 cm³/mol. The summed E-state index contributed by atoms with van der Waals surface area (Å²) in [7, 11) is 1.29. The average molecular weight is 387 g/mol. The number of likely N-dealkylation sites (tertiary alicyclic amines) is 1. The normalized spacial score (nSPS) is 20.9. The van der Waals surface area contributed by atoms with Crippen molar-refractivity contribution in [2.24, 2.45) is 5.92 Å². The van der Waals surface area contributed by atoms with Gasteiger partial charge in [-0.15, -0.1) is 0 Å². The van der Waals surface area contributed by atoms with E-state index in [4.69, 9.17) is 9.47 Å². The van der Waals surface area contributed by atoms with Gasteiger partial charge in [-0.05, 0) is 51.3 Å². The quantitative estimate of drug-likeness (QED) is 0.698. The third kappa shape index (κ3) is 5.37. The fourth-order valence-electron chi connectivity index (χ4n) is 3.10. The molecule has 1 amide bonds. The van der Waals surface area contributed by atoms with Crippen LogP contribution in [0.5, 0.6) is 0 Å². The summed E-state index contributed by atoms with van der Waals surface area (Å²) in [5, 5.41) is 0. The molecule has 0 N–H and O–H groups in total. The molecule has 0 radical (unpaired) electrons. The molecule has 1 aromatic rings. The second kappa shape index (κ2) is 7.78. The highest BCUT2D eigenvalue weighted by molar-refractivity contribution is 5.74. The van der Waals surface area contributed by atoms with Crippen molar-refractivity contribution in [2.45, 2.75) is 51.4 Å². The minimum Gasteiger partial charge on any atom is -0.469 e. The van der Waals surface area contributed by atoms with Gasteiger partial charge in [0.25, 0.3) is 0 Å². The summed E-state index contributed by atoms with van der Waals surface area (Å²) >= 11 is 0. The van der Waals surface area contributed by atoms with Crippen LogP contribution in [-0.2, 0) is 20.4 Å². The van der Waals surface area contributed by atoms with Gasteiger partial charge in [0.05, 0.1) is 24.6 Å². The van der Waals surface area contributed by atoms with Gasteiger partial charge in [0, 0.05) is 6.54 Å². The highest BCUT2D eigenvalue weighted by atomic mass is 19.4. The molecule has 150 valence electrons. The minimum atomic E-state index is -4.44. The highest BCUT2D eigenvalue weighted by Gasteiger charge is 2.38. The van der Waals surface area contributed by atoms with Crippen molar-refractivity contribution in [3.05, 3.63) is 35.4 Å². The van der Waals surface area contributed by atoms with Crippen molar-refractivity contribution >= 4 is 12.1 Å². The molecule has 1 aromatic carbocycles. The maximum Gasteiger partial charge on any atom is 0.416 e. The topological polar surface area (TPSA) is 55.8 Å². The van der Waals surface area contributed by atoms with E-state index in [-0.39, 0.29) is 13.0 Å². The first kappa shape index (κ1) is 21.1. The molecule has 0 aromatic heterocycles. The van der Waals surface area contributed by atoms with Crippen molar-refractivity contribution in [3.63, 3.8) is 0 Å². The number of methoxy groups -OCH3 is 1. The van der Waals surface area contributed by atoms with E-state index < -0.39 is 41.4 Å². The number of ether oxygens (including phenoxy) is 2. The molecule has 2 unspecified atom stereocenters. The smallest absolute Gasteiger partial charge is 0.416 e. The number of benzene rings is 1. The number of amides is 1. The molecule has 1 heterocycles. The highest BCUT2D eigenvalue weighted by Crippen LogP contribution is 2.37. The number of rotatable bonds is 2. The van der Waals surface area contributed by atoms with Gasteiger partial charge in [-0.1, -0.05) is 12.1 Å². The van der Waals surface area contributed by atoms with Gasteiger partial charge in [-0.3, -0.25) is 4.79 Å². The average Bonchev–Trinajstić information content (AvgIpc) is 2.58. The first-order chi connectivity index (χ1) is 12.4. The van der Waals surface area contributed by atoms with Crippen LogP contribution in [-0.4, -0.2) is 36.2 Å². The van der Waals surface area contributed by atoms with Crippen LogP contribution >= 0.6 is 0 Å². The molecule has 1 saturated heterocycles. The number of nitrogens with zero attached hydrogens (tertiary/aromatic N) is 1. The molecule has 2 rings (SSSR count). The van der Waals surface area contributed by atoms with Crippen LogP contribution in [0.4, 0.5) is 18.0 Å². The Hall–Kier alpha value is -2.25. The number of hydrogen-bond donors (Lipinski definition) is 0. The van der Waals surface area contributed by atoms with Gasteiger partial charge in [0.2, 0.25) is 0 Å². The molecule has 8 heteroatoms. The lowest BCUT2D eigenvalue weighted by molar-refractivity contribution is -0.147. The Balaban J connectivity index is 2.31. The van der Waals surface area contributed by atoms with Gasteiger partial charge in [-0.25, -0.2) is 4.79 Å². The number of carbonyl (C=O) groups is 2. The van der Waals surface area contributed by atoms with E-state index in [1.165, 1.54) is 24.1 Å². The van der Waals surface area contributed by atoms with E-state index in [1.54, 1.807) is 20.8 Å². The lowest BCUT2D eigenvalue weighted by Crippen LogP contribution is -2.45. The summed E-state index contributed by atoms with van der Waals surface area (Å²) in [5.74, 6) is -0.822. The van der Waals surface area contributed by atoms with Crippen molar-refractivity contribution < 1.29 is 32.2 Å². The number of piperidine rings is 1. The second-order valence-electron chi connectivity index (χ2n) is 7.55. The van der Waals surface area contributed by atoms with E-state index in [0.29, 0.717) is 12.0 Å². The summed E-state index contributed by atoms with van der Waals surface area (Å²) < 4.78 is 48.7. The Kier molecular flexibility index (Phi) is 6.07. The lowest BCUT2D eigenvalue weighted by Gasteiger charge is -2.39. The zero-order valence-corrected chi connectivity index (χ0v) is 15.8. The number of esters is 1. The third-order valence-corrected chi connectivity index (χ3v) is 4.39. The summed E-state index contributed by atoms with van der Waals surface area (Å²) in [5.41, 5.74) is -0.959. The van der Waals surface area contributed by atoms with Gasteiger partial charge in [-0.2, -0.15) is 13.2 Å². The molecule has 0 saturated carbocycles. The monoisotopic (exact) mass is 387 g/mol. The van der Waals surface area contributed by atoms with Crippen LogP contribution < -0.4 is 0 Å². The van der Waals surface area contributed by atoms with Crippen LogP contribution in [0.25, 0.3) is 0 Å². The number of carbonyl (C=O) groups excluding carboxylic acids is 2. The molecule has 5 nitrogen and oxygen atoms in total. The van der Waals surface area contributed by atoms with Crippen LogP contribution in [0.15, 0.2) is 24.3 Å². The molecular formula is C19H24F3NO4. The first-order valence-electron chi connectivity index (χ1n) is 8.67. The van der Waals surface area contributed by atoms with E-state index >= 15 is 0 Å². The Bertz CT molecular complexity index is 680. The fraction of sp³-hybridized carbons (Fsp3) is 0.579. The van der Waals surface area contributed by atoms with Crippen molar-refractivity contribution in [1.82, 2.24) is 4.90 Å². The van der Waals surface area contributed by atoms with Crippen molar-refractivity contribution in [2.75, 3.05) is 13.7 Å². The number of alkyl halides is 3. The summed E-state index contributed by atoms with van der Waals surface area (Å²) in [6, 6.07) is 4.06. The standard InChI is InChI=1S/C19H24F3NO4/c1-18(2,3)27-17(25)23-10-9-13(16(24)26-4)11-15(23)12-5-7-14(8-6-12)19(20,21)22/h5-8,13,15H,9-11H2,1-4H3. The minimum absolute atomic E-state index is 0.250. The molecular weight excluding hydrogens is 363 g/mol. The molecule has 1 aliphatic heterocycles. The van der Waals surface area contributed by atoms with E-state index in [9.17, 15) is 22.8 Å². The van der Waals surface area contributed by atoms with Crippen LogP contribution in [0.2, 0.25) is 0 Å². The van der Waals surface area contributed by atoms with Crippen LogP contribution in [0.3, 0.4) is 0 Å².